The zero-order chi connectivity index (χ0) is 17.1. The van der Waals surface area contributed by atoms with E-state index >= 15 is 0 Å². The number of amides is 1. The molecule has 1 aliphatic rings. The van der Waals surface area contributed by atoms with Gasteiger partial charge >= 0.3 is 0 Å². The zero-order valence-electron chi connectivity index (χ0n) is 13.9. The van der Waals surface area contributed by atoms with Crippen molar-refractivity contribution in [2.24, 2.45) is 7.05 Å². The van der Waals surface area contributed by atoms with Gasteiger partial charge in [-0.25, -0.2) is 0 Å². The topological polar surface area (TPSA) is 51.0 Å². The van der Waals surface area contributed by atoms with E-state index in [4.69, 9.17) is 11.6 Å². The van der Waals surface area contributed by atoms with Crippen LogP contribution in [0.25, 0.3) is 11.4 Å². The maximum atomic E-state index is 12.5. The van der Waals surface area contributed by atoms with Crippen LogP contribution in [0.15, 0.2) is 29.4 Å². The molecule has 7 heteroatoms. The Labute approximate surface area is 151 Å². The summed E-state index contributed by atoms with van der Waals surface area (Å²) in [4.78, 5) is 14.4. The number of halogens is 1. The number of rotatable bonds is 4. The third kappa shape index (κ3) is 3.59. The Bertz CT molecular complexity index is 733. The summed E-state index contributed by atoms with van der Waals surface area (Å²) in [6.45, 7) is 2.99. The smallest absolute Gasteiger partial charge is 0.233 e. The Morgan fingerprint density at radius 1 is 1.33 bits per heavy atom. The van der Waals surface area contributed by atoms with Gasteiger partial charge in [0.1, 0.15) is 0 Å². The van der Waals surface area contributed by atoms with Gasteiger partial charge in [-0.15, -0.1) is 10.2 Å². The average Bonchev–Trinajstić information content (AvgIpc) is 2.94. The van der Waals surface area contributed by atoms with Crippen molar-refractivity contribution >= 4 is 29.3 Å². The summed E-state index contributed by atoms with van der Waals surface area (Å²) >= 11 is 7.66. The van der Waals surface area contributed by atoms with Crippen molar-refractivity contribution in [1.29, 1.82) is 0 Å². The summed E-state index contributed by atoms with van der Waals surface area (Å²) < 4.78 is 1.89. The Hall–Kier alpha value is -1.53. The molecule has 2 aromatic rings. The molecule has 1 amide bonds. The zero-order valence-corrected chi connectivity index (χ0v) is 15.5. The van der Waals surface area contributed by atoms with E-state index in [1.54, 1.807) is 0 Å². The number of aromatic nitrogens is 3. The summed E-state index contributed by atoms with van der Waals surface area (Å²) in [7, 11) is 1.90. The van der Waals surface area contributed by atoms with Crippen molar-refractivity contribution in [2.45, 2.75) is 37.4 Å². The van der Waals surface area contributed by atoms with Crippen molar-refractivity contribution in [3.8, 4) is 11.4 Å². The highest BCUT2D eigenvalue weighted by atomic mass is 35.5. The van der Waals surface area contributed by atoms with Gasteiger partial charge in [-0.05, 0) is 38.3 Å². The van der Waals surface area contributed by atoms with Crippen molar-refractivity contribution in [3.05, 3.63) is 29.3 Å². The fraction of sp³-hybridized carbons (Fsp3) is 0.471. The molecule has 3 rings (SSSR count). The number of hydrogen-bond acceptors (Lipinski definition) is 4. The minimum atomic E-state index is 0.175. The van der Waals surface area contributed by atoms with Crippen LogP contribution in [0, 0.1) is 0 Å². The molecule has 0 unspecified atom stereocenters. The van der Waals surface area contributed by atoms with Crippen LogP contribution in [0.5, 0.6) is 0 Å². The Balaban J connectivity index is 1.69. The van der Waals surface area contributed by atoms with Gasteiger partial charge < -0.3 is 9.47 Å². The van der Waals surface area contributed by atoms with Crippen LogP contribution in [-0.4, -0.2) is 43.9 Å². The second kappa shape index (κ2) is 7.57. The fourth-order valence-corrected chi connectivity index (χ4v) is 4.01. The van der Waals surface area contributed by atoms with Crippen molar-refractivity contribution < 1.29 is 4.79 Å². The summed E-state index contributed by atoms with van der Waals surface area (Å²) in [6.07, 6.45) is 3.40. The third-order valence-corrected chi connectivity index (χ3v) is 5.73. The van der Waals surface area contributed by atoms with Gasteiger partial charge in [0.15, 0.2) is 11.0 Å². The number of carbonyl (C=O) groups excluding carboxylic acids is 1. The maximum absolute atomic E-state index is 12.5. The van der Waals surface area contributed by atoms with Crippen LogP contribution in [0.3, 0.4) is 0 Å². The van der Waals surface area contributed by atoms with E-state index in [-0.39, 0.29) is 5.91 Å². The minimum absolute atomic E-state index is 0.175. The Morgan fingerprint density at radius 3 is 2.88 bits per heavy atom. The van der Waals surface area contributed by atoms with Gasteiger partial charge in [-0.1, -0.05) is 35.5 Å². The molecule has 1 atom stereocenters. The monoisotopic (exact) mass is 364 g/mol. The second-order valence-corrected chi connectivity index (χ2v) is 7.42. The highest BCUT2D eigenvalue weighted by molar-refractivity contribution is 7.99. The molecule has 1 aliphatic heterocycles. The van der Waals surface area contributed by atoms with Crippen molar-refractivity contribution in [1.82, 2.24) is 19.7 Å². The third-order valence-electron chi connectivity index (χ3n) is 4.40. The predicted molar refractivity (Wildman–Crippen MR) is 97.2 cm³/mol. The normalized spacial score (nSPS) is 18.0. The number of benzene rings is 1. The van der Waals surface area contributed by atoms with Crippen LogP contribution in [0.4, 0.5) is 0 Å². The fourth-order valence-electron chi connectivity index (χ4n) is 3.00. The Morgan fingerprint density at radius 2 is 2.12 bits per heavy atom. The quantitative estimate of drug-likeness (QED) is 0.777. The van der Waals surface area contributed by atoms with Crippen molar-refractivity contribution in [3.63, 3.8) is 0 Å². The van der Waals surface area contributed by atoms with E-state index in [9.17, 15) is 4.79 Å². The molecule has 128 valence electrons. The lowest BCUT2D eigenvalue weighted by atomic mass is 10.0. The van der Waals surface area contributed by atoms with E-state index in [1.165, 1.54) is 18.2 Å². The molecular weight excluding hydrogens is 344 g/mol. The van der Waals surface area contributed by atoms with Gasteiger partial charge in [0.05, 0.1) is 10.8 Å². The lowest BCUT2D eigenvalue weighted by Gasteiger charge is -2.33. The first-order valence-electron chi connectivity index (χ1n) is 8.14. The molecule has 1 aromatic heterocycles. The molecule has 0 aliphatic carbocycles. The molecule has 0 N–H and O–H groups in total. The van der Waals surface area contributed by atoms with Crippen LogP contribution in [0.2, 0.25) is 5.02 Å². The highest BCUT2D eigenvalue weighted by Crippen LogP contribution is 2.28. The van der Waals surface area contributed by atoms with Crippen LogP contribution >= 0.6 is 23.4 Å². The van der Waals surface area contributed by atoms with Gasteiger partial charge in [-0.3, -0.25) is 4.79 Å². The van der Waals surface area contributed by atoms with Crippen LogP contribution in [0.1, 0.15) is 26.2 Å². The molecular formula is C17H21ClN4OS. The van der Waals surface area contributed by atoms with Gasteiger partial charge in [0.25, 0.3) is 0 Å². The first kappa shape index (κ1) is 17.3. The Kier molecular flexibility index (Phi) is 5.46. The van der Waals surface area contributed by atoms with E-state index in [2.05, 4.69) is 17.1 Å². The van der Waals surface area contributed by atoms with Crippen molar-refractivity contribution in [2.75, 3.05) is 12.3 Å². The van der Waals surface area contributed by atoms with Gasteiger partial charge in [-0.2, -0.15) is 0 Å². The van der Waals surface area contributed by atoms with E-state index in [1.807, 2.05) is 40.8 Å². The predicted octanol–water partition coefficient (Wildman–Crippen LogP) is 3.63. The molecule has 5 nitrogen and oxygen atoms in total. The second-order valence-electron chi connectivity index (χ2n) is 6.07. The molecule has 0 saturated carbocycles. The standard InChI is InChI=1S/C17H21ClN4OS/c1-12-7-5-6-10-22(12)15(23)11-24-17-20-19-16(21(17)2)13-8-3-4-9-14(13)18/h3-4,8-9,12H,5-7,10-11H2,1-2H3/t12-/m0/s1. The number of carbonyl (C=O) groups is 1. The molecule has 2 heterocycles. The maximum Gasteiger partial charge on any atom is 0.233 e. The summed E-state index contributed by atoms with van der Waals surface area (Å²) in [6, 6.07) is 7.89. The number of piperidine rings is 1. The molecule has 0 spiro atoms. The number of likely N-dealkylation sites (tertiary alicyclic amines) is 1. The number of hydrogen-bond donors (Lipinski definition) is 0. The SMILES string of the molecule is C[C@H]1CCCCN1C(=O)CSc1nnc(-c2ccccc2Cl)n1C. The van der Waals surface area contributed by atoms with E-state index in [0.29, 0.717) is 22.6 Å². The summed E-state index contributed by atoms with van der Waals surface area (Å²) in [5.74, 6) is 1.27. The lowest BCUT2D eigenvalue weighted by Crippen LogP contribution is -2.42. The van der Waals surface area contributed by atoms with Gasteiger partial charge in [0.2, 0.25) is 5.91 Å². The first-order chi connectivity index (χ1) is 11.6. The molecule has 1 fully saturated rings. The molecule has 24 heavy (non-hydrogen) atoms. The molecule has 0 bridgehead atoms. The number of nitrogens with zero attached hydrogens (tertiary/aromatic N) is 4. The summed E-state index contributed by atoms with van der Waals surface area (Å²) in [5, 5.41) is 9.82. The number of thioether (sulfide) groups is 1. The van der Waals surface area contributed by atoms with Crippen LogP contribution < -0.4 is 0 Å². The first-order valence-corrected chi connectivity index (χ1v) is 9.51. The molecule has 1 aromatic carbocycles. The van der Waals surface area contributed by atoms with E-state index < -0.39 is 0 Å². The lowest BCUT2D eigenvalue weighted by molar-refractivity contribution is -0.131. The van der Waals surface area contributed by atoms with Gasteiger partial charge in [0, 0.05) is 25.2 Å². The minimum Gasteiger partial charge on any atom is -0.339 e. The van der Waals surface area contributed by atoms with Crippen LogP contribution in [-0.2, 0) is 11.8 Å². The summed E-state index contributed by atoms with van der Waals surface area (Å²) in [5.41, 5.74) is 0.844. The molecule has 0 radical (unpaired) electrons. The molecule has 1 saturated heterocycles. The largest absolute Gasteiger partial charge is 0.339 e. The van der Waals surface area contributed by atoms with E-state index in [0.717, 1.165) is 30.1 Å². The average molecular weight is 365 g/mol. The highest BCUT2D eigenvalue weighted by Gasteiger charge is 2.23.